The molecule has 3 atom stereocenters. The molecule has 4 rings (SSSR count). The van der Waals surface area contributed by atoms with Crippen LogP contribution in [0.2, 0.25) is 0 Å². The molecule has 1 N–H and O–H groups in total. The molecule has 0 saturated carbocycles. The molecule has 1 saturated heterocycles. The summed E-state index contributed by atoms with van der Waals surface area (Å²) in [6.07, 6.45) is 3.12. The molecule has 2 heterocycles. The number of amides is 1. The van der Waals surface area contributed by atoms with Crippen LogP contribution in [-0.4, -0.2) is 18.2 Å². The van der Waals surface area contributed by atoms with Crippen LogP contribution in [0.3, 0.4) is 0 Å². The molecule has 1 aromatic rings. The molecular weight excluding hydrogens is 282 g/mol. The van der Waals surface area contributed by atoms with Crippen LogP contribution in [0.1, 0.15) is 24.1 Å². The molecule has 5 nitrogen and oxygen atoms in total. The van der Waals surface area contributed by atoms with E-state index in [1.807, 2.05) is 12.1 Å². The van der Waals surface area contributed by atoms with Crippen molar-refractivity contribution in [3.8, 4) is 0 Å². The van der Waals surface area contributed by atoms with Gasteiger partial charge in [0.15, 0.2) is 0 Å². The van der Waals surface area contributed by atoms with Crippen LogP contribution < -0.4 is 5.32 Å². The zero-order valence-electron chi connectivity index (χ0n) is 12.0. The second-order valence-electron chi connectivity index (χ2n) is 5.79. The maximum Gasteiger partial charge on any atom is 0.336 e. The topological polar surface area (TPSA) is 64.6 Å². The molecular formula is C17H15NO4. The van der Waals surface area contributed by atoms with E-state index in [9.17, 15) is 9.59 Å². The lowest BCUT2D eigenvalue weighted by Crippen LogP contribution is -2.19. The monoisotopic (exact) mass is 297 g/mol. The summed E-state index contributed by atoms with van der Waals surface area (Å²) in [6, 6.07) is 8.14. The standard InChI is InChI=1S/C17H15NO4/c1-9-6-14(22-17(9)20)21-8-13-12-7-10-4-2-3-5-11(10)15(12)18-16(13)19/h2-6,8,12,14-15H,7H2,1H3,(H,18,19)/b13-8+/t12-,14-,15?/m1/s1. The highest BCUT2D eigenvalue weighted by Crippen LogP contribution is 2.44. The van der Waals surface area contributed by atoms with Gasteiger partial charge in [0, 0.05) is 17.6 Å². The van der Waals surface area contributed by atoms with Crippen molar-refractivity contribution in [1.82, 2.24) is 5.32 Å². The lowest BCUT2D eigenvalue weighted by atomic mass is 9.97. The van der Waals surface area contributed by atoms with E-state index in [2.05, 4.69) is 17.4 Å². The Labute approximate surface area is 127 Å². The van der Waals surface area contributed by atoms with Crippen LogP contribution in [-0.2, 0) is 25.5 Å². The number of rotatable bonds is 2. The van der Waals surface area contributed by atoms with Gasteiger partial charge in [-0.05, 0) is 24.5 Å². The number of hydrogen-bond donors (Lipinski definition) is 1. The third kappa shape index (κ3) is 1.93. The molecule has 3 aliphatic rings. The quantitative estimate of drug-likeness (QED) is 0.513. The van der Waals surface area contributed by atoms with Crippen LogP contribution in [0.25, 0.3) is 0 Å². The number of fused-ring (bicyclic) bond motifs is 3. The lowest BCUT2D eigenvalue weighted by Gasteiger charge is -2.11. The smallest absolute Gasteiger partial charge is 0.336 e. The van der Waals surface area contributed by atoms with Crippen molar-refractivity contribution in [2.24, 2.45) is 5.92 Å². The Morgan fingerprint density at radius 2 is 2.14 bits per heavy atom. The minimum atomic E-state index is -0.740. The molecule has 1 aromatic carbocycles. The Bertz CT molecular complexity index is 734. The van der Waals surface area contributed by atoms with Crippen LogP contribution >= 0.6 is 0 Å². The van der Waals surface area contributed by atoms with E-state index in [1.54, 1.807) is 13.0 Å². The van der Waals surface area contributed by atoms with Crippen molar-refractivity contribution < 1.29 is 19.1 Å². The highest BCUT2D eigenvalue weighted by atomic mass is 16.7. The molecule has 0 aromatic heterocycles. The van der Waals surface area contributed by atoms with Gasteiger partial charge in [-0.1, -0.05) is 24.3 Å². The fourth-order valence-electron chi connectivity index (χ4n) is 3.31. The summed E-state index contributed by atoms with van der Waals surface area (Å²) in [4.78, 5) is 23.5. The van der Waals surface area contributed by atoms with Gasteiger partial charge < -0.3 is 14.8 Å². The first-order chi connectivity index (χ1) is 10.6. The minimum Gasteiger partial charge on any atom is -0.458 e. The van der Waals surface area contributed by atoms with E-state index in [-0.39, 0.29) is 23.8 Å². The summed E-state index contributed by atoms with van der Waals surface area (Å²) < 4.78 is 10.5. The Morgan fingerprint density at radius 3 is 2.91 bits per heavy atom. The predicted molar refractivity (Wildman–Crippen MR) is 77.3 cm³/mol. The summed E-state index contributed by atoms with van der Waals surface area (Å²) in [7, 11) is 0. The number of ether oxygens (including phenoxy) is 2. The van der Waals surface area contributed by atoms with E-state index in [0.29, 0.717) is 11.1 Å². The van der Waals surface area contributed by atoms with Crippen LogP contribution in [0, 0.1) is 5.92 Å². The normalized spacial score (nSPS) is 30.7. The first kappa shape index (κ1) is 13.1. The fraction of sp³-hybridized carbons (Fsp3) is 0.294. The first-order valence-corrected chi connectivity index (χ1v) is 7.27. The predicted octanol–water partition coefficient (Wildman–Crippen LogP) is 1.76. The van der Waals surface area contributed by atoms with Crippen LogP contribution in [0.5, 0.6) is 0 Å². The zero-order chi connectivity index (χ0) is 15.3. The van der Waals surface area contributed by atoms with Crippen molar-refractivity contribution in [2.75, 3.05) is 0 Å². The van der Waals surface area contributed by atoms with Gasteiger partial charge in [0.05, 0.1) is 17.9 Å². The van der Waals surface area contributed by atoms with Crippen LogP contribution in [0.4, 0.5) is 0 Å². The van der Waals surface area contributed by atoms with Crippen molar-refractivity contribution in [3.63, 3.8) is 0 Å². The highest BCUT2D eigenvalue weighted by molar-refractivity contribution is 5.97. The van der Waals surface area contributed by atoms with Crippen molar-refractivity contribution in [3.05, 3.63) is 58.9 Å². The number of benzene rings is 1. The number of carbonyl (C=O) groups is 2. The molecule has 5 heteroatoms. The Balaban J connectivity index is 1.55. The number of esters is 1. The lowest BCUT2D eigenvalue weighted by molar-refractivity contribution is -0.152. The summed E-state index contributed by atoms with van der Waals surface area (Å²) in [5, 5.41) is 3.00. The van der Waals surface area contributed by atoms with E-state index in [1.165, 1.54) is 17.4 Å². The Morgan fingerprint density at radius 1 is 1.32 bits per heavy atom. The van der Waals surface area contributed by atoms with Crippen molar-refractivity contribution in [2.45, 2.75) is 25.7 Å². The van der Waals surface area contributed by atoms with Gasteiger partial charge in [-0.25, -0.2) is 4.79 Å². The molecule has 0 radical (unpaired) electrons. The average molecular weight is 297 g/mol. The van der Waals surface area contributed by atoms with Gasteiger partial charge in [0.2, 0.25) is 0 Å². The van der Waals surface area contributed by atoms with E-state index >= 15 is 0 Å². The van der Waals surface area contributed by atoms with E-state index in [4.69, 9.17) is 9.47 Å². The van der Waals surface area contributed by atoms with Crippen molar-refractivity contribution in [1.29, 1.82) is 0 Å². The van der Waals surface area contributed by atoms with Gasteiger partial charge in [0.1, 0.15) is 0 Å². The molecule has 0 bridgehead atoms. The second-order valence-corrected chi connectivity index (χ2v) is 5.79. The Hall–Kier alpha value is -2.56. The maximum absolute atomic E-state index is 12.1. The summed E-state index contributed by atoms with van der Waals surface area (Å²) in [5.41, 5.74) is 3.55. The van der Waals surface area contributed by atoms with Gasteiger partial charge >= 0.3 is 5.97 Å². The molecule has 1 fully saturated rings. The summed E-state index contributed by atoms with van der Waals surface area (Å²) >= 11 is 0. The van der Waals surface area contributed by atoms with Gasteiger partial charge in [-0.15, -0.1) is 0 Å². The summed E-state index contributed by atoms with van der Waals surface area (Å²) in [6.45, 7) is 1.67. The molecule has 22 heavy (non-hydrogen) atoms. The van der Waals surface area contributed by atoms with Gasteiger partial charge in [-0.3, -0.25) is 4.79 Å². The third-order valence-corrected chi connectivity index (χ3v) is 4.44. The maximum atomic E-state index is 12.1. The van der Waals surface area contributed by atoms with E-state index in [0.717, 1.165) is 6.42 Å². The van der Waals surface area contributed by atoms with Gasteiger partial charge in [0.25, 0.3) is 12.2 Å². The molecule has 112 valence electrons. The van der Waals surface area contributed by atoms with Crippen molar-refractivity contribution >= 4 is 11.9 Å². The number of hydrogen-bond acceptors (Lipinski definition) is 4. The first-order valence-electron chi connectivity index (χ1n) is 7.27. The zero-order valence-corrected chi connectivity index (χ0v) is 12.0. The molecule has 2 aliphatic heterocycles. The number of carbonyl (C=O) groups excluding carboxylic acids is 2. The Kier molecular flexibility index (Phi) is 2.82. The van der Waals surface area contributed by atoms with E-state index < -0.39 is 6.29 Å². The SMILES string of the molecule is CC1=C[C@H](O/C=C2/C(=O)NC3c4ccccc4C[C@H]23)OC1=O. The van der Waals surface area contributed by atoms with Gasteiger partial charge in [-0.2, -0.15) is 0 Å². The largest absolute Gasteiger partial charge is 0.458 e. The minimum absolute atomic E-state index is 0.0157. The van der Waals surface area contributed by atoms with Crippen LogP contribution in [0.15, 0.2) is 47.7 Å². The fourth-order valence-corrected chi connectivity index (χ4v) is 3.31. The third-order valence-electron chi connectivity index (χ3n) is 4.44. The molecule has 1 aliphatic carbocycles. The average Bonchev–Trinajstić information content (AvgIpc) is 3.10. The molecule has 0 spiro atoms. The number of cyclic esters (lactones) is 1. The molecule has 1 unspecified atom stereocenters. The molecule has 1 amide bonds. The summed E-state index contributed by atoms with van der Waals surface area (Å²) in [5.74, 6) is -0.424. The second kappa shape index (κ2) is 4.73. The number of nitrogens with one attached hydrogen (secondary N) is 1. The highest BCUT2D eigenvalue weighted by Gasteiger charge is 2.44.